The van der Waals surface area contributed by atoms with Crippen molar-refractivity contribution in [2.45, 2.75) is 12.5 Å². The highest BCUT2D eigenvalue weighted by molar-refractivity contribution is 7.15. The summed E-state index contributed by atoms with van der Waals surface area (Å²) in [5.41, 5.74) is 3.21. The highest BCUT2D eigenvalue weighted by atomic mass is 32.1. The van der Waals surface area contributed by atoms with E-state index in [0.29, 0.717) is 11.0 Å². The van der Waals surface area contributed by atoms with Gasteiger partial charge in [0.25, 0.3) is 11.1 Å². The third-order valence-corrected chi connectivity index (χ3v) is 6.81. The van der Waals surface area contributed by atoms with E-state index in [9.17, 15) is 9.59 Å². The Kier molecular flexibility index (Phi) is 5.31. The van der Waals surface area contributed by atoms with Gasteiger partial charge in [-0.2, -0.15) is 14.6 Å². The maximum atomic E-state index is 13.3. The molecule has 0 amide bonds. The Morgan fingerprint density at radius 1 is 0.914 bits per heavy atom. The lowest BCUT2D eigenvalue weighted by molar-refractivity contribution is 0.244. The Balaban J connectivity index is 1.47. The predicted octanol–water partition coefficient (Wildman–Crippen LogP) is 3.82. The third-order valence-electron chi connectivity index (χ3n) is 5.85. The largest absolute Gasteiger partial charge is 0.480 e. The molecule has 0 spiro atoms. The molecule has 35 heavy (non-hydrogen) atoms. The van der Waals surface area contributed by atoms with E-state index in [1.54, 1.807) is 0 Å². The first-order valence-electron chi connectivity index (χ1n) is 11.2. The van der Waals surface area contributed by atoms with Crippen molar-refractivity contribution < 1.29 is 4.74 Å². The second kappa shape index (κ2) is 8.77. The summed E-state index contributed by atoms with van der Waals surface area (Å²) in [5.74, 6) is 0.788. The average molecular weight is 478 g/mol. The molecule has 0 saturated carbocycles. The zero-order valence-corrected chi connectivity index (χ0v) is 19.3. The molecule has 1 unspecified atom stereocenters. The molecule has 3 heterocycles. The molecular weight excluding hydrogens is 458 g/mol. The van der Waals surface area contributed by atoms with Crippen molar-refractivity contribution in [2.75, 3.05) is 0 Å². The predicted molar refractivity (Wildman–Crippen MR) is 137 cm³/mol. The summed E-state index contributed by atoms with van der Waals surface area (Å²) in [6.07, 6.45) is 3.80. The van der Waals surface area contributed by atoms with E-state index in [-0.39, 0.29) is 22.3 Å². The molecule has 5 aromatic rings. The van der Waals surface area contributed by atoms with Crippen LogP contribution < -0.4 is 20.4 Å². The maximum Gasteiger partial charge on any atom is 0.296 e. The molecule has 0 saturated heterocycles. The van der Waals surface area contributed by atoms with Gasteiger partial charge in [0.1, 0.15) is 17.5 Å². The van der Waals surface area contributed by atoms with Crippen LogP contribution in [0, 0.1) is 0 Å². The molecular formula is C28H19N3O3S. The molecule has 0 N–H and O–H groups in total. The summed E-state index contributed by atoms with van der Waals surface area (Å²) < 4.78 is 8.01. The minimum Gasteiger partial charge on any atom is -0.480 e. The standard InChI is InChI=1S/C28H19N3O3S/c32-26-22(15-18-9-3-1-4-10-18)30-31-27(33)24(35-28(31)29-26)17-21-16-20-13-7-8-14-23(20)34-25(21)19-11-5-2-6-12-19/h1-14,16-17,25H,15H2/b24-17+. The fourth-order valence-corrected chi connectivity index (χ4v) is 5.06. The van der Waals surface area contributed by atoms with Crippen molar-refractivity contribution in [3.63, 3.8) is 0 Å². The Morgan fingerprint density at radius 3 is 2.43 bits per heavy atom. The minimum atomic E-state index is -0.419. The molecule has 1 atom stereocenters. The van der Waals surface area contributed by atoms with Gasteiger partial charge in [-0.3, -0.25) is 9.59 Å². The zero-order chi connectivity index (χ0) is 23.8. The van der Waals surface area contributed by atoms with Gasteiger partial charge in [0, 0.05) is 12.0 Å². The number of aromatic nitrogens is 3. The Hall–Kier alpha value is -4.36. The Bertz CT molecular complexity index is 1740. The molecule has 0 aliphatic carbocycles. The van der Waals surface area contributed by atoms with E-state index in [2.05, 4.69) is 10.1 Å². The van der Waals surface area contributed by atoms with Gasteiger partial charge in [-0.25, -0.2) is 0 Å². The van der Waals surface area contributed by atoms with Crippen molar-refractivity contribution in [3.05, 3.63) is 138 Å². The molecule has 0 radical (unpaired) electrons. The lowest BCUT2D eigenvalue weighted by Gasteiger charge is -2.26. The molecule has 1 aliphatic heterocycles. The van der Waals surface area contributed by atoms with E-state index < -0.39 is 5.56 Å². The van der Waals surface area contributed by atoms with Crippen molar-refractivity contribution >= 4 is 28.4 Å². The first-order valence-corrected chi connectivity index (χ1v) is 12.0. The number of hydrogen-bond donors (Lipinski definition) is 0. The zero-order valence-electron chi connectivity index (χ0n) is 18.5. The van der Waals surface area contributed by atoms with Crippen molar-refractivity contribution in [1.29, 1.82) is 0 Å². The summed E-state index contributed by atoms with van der Waals surface area (Å²) in [4.78, 5) is 30.3. The molecule has 6 nitrogen and oxygen atoms in total. The molecule has 6 rings (SSSR count). The summed E-state index contributed by atoms with van der Waals surface area (Å²) in [6, 6.07) is 27.2. The number of nitrogens with zero attached hydrogens (tertiary/aromatic N) is 3. The van der Waals surface area contributed by atoms with Crippen LogP contribution in [-0.2, 0) is 6.42 Å². The minimum absolute atomic E-state index is 0.242. The van der Waals surface area contributed by atoms with E-state index in [1.807, 2.05) is 97.1 Å². The number of thiazole rings is 1. The Morgan fingerprint density at radius 2 is 1.63 bits per heavy atom. The van der Waals surface area contributed by atoms with Crippen molar-refractivity contribution in [3.8, 4) is 5.75 Å². The molecule has 2 aromatic heterocycles. The summed E-state index contributed by atoms with van der Waals surface area (Å²) in [5, 5.41) is 4.37. The molecule has 1 aliphatic rings. The number of rotatable bonds is 4. The smallest absolute Gasteiger partial charge is 0.296 e. The van der Waals surface area contributed by atoms with Crippen molar-refractivity contribution in [2.24, 2.45) is 0 Å². The number of para-hydroxylation sites is 1. The second-order valence-corrected chi connectivity index (χ2v) is 9.24. The monoisotopic (exact) mass is 477 g/mol. The van der Waals surface area contributed by atoms with Gasteiger partial charge in [0.15, 0.2) is 0 Å². The SMILES string of the molecule is O=c1nc2s/c(=C/C3=Cc4ccccc4OC3c3ccccc3)c(=O)n2nc1Cc1ccccc1. The van der Waals surface area contributed by atoms with Crippen molar-refractivity contribution in [1.82, 2.24) is 14.6 Å². The van der Waals surface area contributed by atoms with E-state index in [0.717, 1.165) is 39.3 Å². The lowest BCUT2D eigenvalue weighted by atomic mass is 9.96. The molecule has 170 valence electrons. The molecule has 0 fully saturated rings. The van der Waals surface area contributed by atoms with Crippen LogP contribution in [0.15, 0.2) is 100 Å². The van der Waals surface area contributed by atoms with Gasteiger partial charge in [-0.05, 0) is 34.9 Å². The molecule has 0 bridgehead atoms. The summed E-state index contributed by atoms with van der Waals surface area (Å²) >= 11 is 1.15. The van der Waals surface area contributed by atoms with Crippen LogP contribution >= 0.6 is 11.3 Å². The fraction of sp³-hybridized carbons (Fsp3) is 0.0714. The van der Waals surface area contributed by atoms with Crippen LogP contribution in [-0.4, -0.2) is 14.6 Å². The normalized spacial score (nSPS) is 15.5. The van der Waals surface area contributed by atoms with Gasteiger partial charge in [0.2, 0.25) is 4.96 Å². The number of hydrogen-bond acceptors (Lipinski definition) is 6. The van der Waals surface area contributed by atoms with Crippen LogP contribution in [0.3, 0.4) is 0 Å². The van der Waals surface area contributed by atoms with Crippen LogP contribution in [0.1, 0.15) is 28.5 Å². The first kappa shape index (κ1) is 21.2. The number of benzene rings is 3. The van der Waals surface area contributed by atoms with Gasteiger partial charge in [0.05, 0.1) is 4.53 Å². The van der Waals surface area contributed by atoms with Crippen LogP contribution in [0.4, 0.5) is 0 Å². The number of fused-ring (bicyclic) bond motifs is 2. The van der Waals surface area contributed by atoms with Gasteiger partial charge < -0.3 is 4.74 Å². The van der Waals surface area contributed by atoms with E-state index in [4.69, 9.17) is 4.74 Å². The van der Waals surface area contributed by atoms with Crippen LogP contribution in [0.25, 0.3) is 17.1 Å². The van der Waals surface area contributed by atoms with Gasteiger partial charge in [-0.1, -0.05) is 90.2 Å². The second-order valence-electron chi connectivity index (χ2n) is 8.23. The maximum absolute atomic E-state index is 13.3. The van der Waals surface area contributed by atoms with Gasteiger partial charge in [-0.15, -0.1) is 0 Å². The Labute approximate surface area is 204 Å². The quantitative estimate of drug-likeness (QED) is 0.394. The number of ether oxygens (including phenoxy) is 1. The average Bonchev–Trinajstić information content (AvgIpc) is 3.18. The lowest BCUT2D eigenvalue weighted by Crippen LogP contribution is -2.28. The third kappa shape index (κ3) is 4.06. The first-order chi connectivity index (χ1) is 17.2. The van der Waals surface area contributed by atoms with Crippen LogP contribution in [0.2, 0.25) is 0 Å². The van der Waals surface area contributed by atoms with E-state index >= 15 is 0 Å². The highest BCUT2D eigenvalue weighted by Crippen LogP contribution is 2.37. The summed E-state index contributed by atoms with van der Waals surface area (Å²) in [7, 11) is 0. The molecule has 3 aromatic carbocycles. The molecule has 7 heteroatoms. The van der Waals surface area contributed by atoms with Crippen LogP contribution in [0.5, 0.6) is 5.75 Å². The summed E-state index contributed by atoms with van der Waals surface area (Å²) in [6.45, 7) is 0. The topological polar surface area (TPSA) is 73.6 Å². The highest BCUT2D eigenvalue weighted by Gasteiger charge is 2.23. The van der Waals surface area contributed by atoms with E-state index in [1.165, 1.54) is 4.52 Å². The van der Waals surface area contributed by atoms with Gasteiger partial charge >= 0.3 is 0 Å². The fourth-order valence-electron chi connectivity index (χ4n) is 4.16.